The number of carbonyl (C=O) groups is 1. The summed E-state index contributed by atoms with van der Waals surface area (Å²) in [7, 11) is 0. The molecule has 0 aliphatic rings. The minimum absolute atomic E-state index is 0.0269. The fraction of sp³-hybridized carbons (Fsp3) is 0.0625. The van der Waals surface area contributed by atoms with Gasteiger partial charge in [0.2, 0.25) is 0 Å². The highest BCUT2D eigenvalue weighted by atomic mass is 16.6. The van der Waals surface area contributed by atoms with Gasteiger partial charge in [-0.25, -0.2) is 0 Å². The van der Waals surface area contributed by atoms with E-state index in [-0.39, 0.29) is 5.69 Å². The summed E-state index contributed by atoms with van der Waals surface area (Å²) in [4.78, 5) is 25.1. The normalized spacial score (nSPS) is 10.7. The molecule has 3 aromatic rings. The Morgan fingerprint density at radius 2 is 1.95 bits per heavy atom. The molecule has 5 heteroatoms. The van der Waals surface area contributed by atoms with Crippen molar-refractivity contribution in [1.82, 2.24) is 4.98 Å². The monoisotopic (exact) mass is 280 g/mol. The van der Waals surface area contributed by atoms with Crippen molar-refractivity contribution in [3.05, 3.63) is 63.7 Å². The van der Waals surface area contributed by atoms with Gasteiger partial charge in [-0.1, -0.05) is 24.3 Å². The van der Waals surface area contributed by atoms with Gasteiger partial charge in [0.05, 0.1) is 10.6 Å². The van der Waals surface area contributed by atoms with Crippen LogP contribution in [0.1, 0.15) is 15.9 Å². The Hall–Kier alpha value is -2.95. The van der Waals surface area contributed by atoms with Crippen LogP contribution in [0, 0.1) is 17.0 Å². The number of rotatable bonds is 3. The van der Waals surface area contributed by atoms with Gasteiger partial charge < -0.3 is 4.98 Å². The molecule has 1 aromatic heterocycles. The molecule has 0 fully saturated rings. The molecule has 0 aliphatic heterocycles. The Kier molecular flexibility index (Phi) is 3.02. The number of aryl methyl sites for hydroxylation is 1. The number of aldehydes is 1. The first-order valence-corrected chi connectivity index (χ1v) is 6.43. The lowest BCUT2D eigenvalue weighted by Crippen LogP contribution is -1.88. The standard InChI is InChI=1S/C16H12N2O3/c1-10-4-2-3-5-12(10)16-14(9-19)13-8-11(18(20)21)6-7-15(13)17-16/h2-9,17H,1H3. The highest BCUT2D eigenvalue weighted by molar-refractivity contribution is 6.05. The van der Waals surface area contributed by atoms with Crippen LogP contribution in [0.3, 0.4) is 0 Å². The lowest BCUT2D eigenvalue weighted by molar-refractivity contribution is -0.384. The molecule has 0 atom stereocenters. The van der Waals surface area contributed by atoms with E-state index in [0.717, 1.165) is 17.4 Å². The molecular weight excluding hydrogens is 268 g/mol. The fourth-order valence-electron chi connectivity index (χ4n) is 2.50. The van der Waals surface area contributed by atoms with Crippen molar-refractivity contribution in [2.75, 3.05) is 0 Å². The maximum Gasteiger partial charge on any atom is 0.270 e. The van der Waals surface area contributed by atoms with Crippen LogP contribution in [0.25, 0.3) is 22.2 Å². The number of fused-ring (bicyclic) bond motifs is 1. The van der Waals surface area contributed by atoms with Crippen LogP contribution in [-0.2, 0) is 0 Å². The number of nitro groups is 1. The maximum absolute atomic E-state index is 11.5. The molecule has 1 N–H and O–H groups in total. The first kappa shape index (κ1) is 13.1. The Morgan fingerprint density at radius 3 is 2.62 bits per heavy atom. The number of aromatic amines is 1. The van der Waals surface area contributed by atoms with Gasteiger partial charge in [0, 0.05) is 34.2 Å². The number of nitro benzene ring substituents is 1. The average Bonchev–Trinajstić information content (AvgIpc) is 2.84. The van der Waals surface area contributed by atoms with Crippen LogP contribution in [0.4, 0.5) is 5.69 Å². The summed E-state index contributed by atoms with van der Waals surface area (Å²) in [6, 6.07) is 12.2. The SMILES string of the molecule is Cc1ccccc1-c1[nH]c2ccc([N+](=O)[O-])cc2c1C=O. The summed E-state index contributed by atoms with van der Waals surface area (Å²) >= 11 is 0. The van der Waals surface area contributed by atoms with Crippen molar-refractivity contribution in [3.8, 4) is 11.3 Å². The van der Waals surface area contributed by atoms with Crippen molar-refractivity contribution >= 4 is 22.9 Å². The number of hydrogen-bond acceptors (Lipinski definition) is 3. The Balaban J connectivity index is 2.32. The van der Waals surface area contributed by atoms with E-state index in [1.54, 1.807) is 6.07 Å². The van der Waals surface area contributed by atoms with E-state index in [2.05, 4.69) is 4.98 Å². The predicted molar refractivity (Wildman–Crippen MR) is 80.5 cm³/mol. The van der Waals surface area contributed by atoms with Crippen molar-refractivity contribution in [3.63, 3.8) is 0 Å². The average molecular weight is 280 g/mol. The summed E-state index contributed by atoms with van der Waals surface area (Å²) in [6.45, 7) is 1.96. The van der Waals surface area contributed by atoms with Gasteiger partial charge in [0.1, 0.15) is 0 Å². The summed E-state index contributed by atoms with van der Waals surface area (Å²) in [5.74, 6) is 0. The summed E-state index contributed by atoms with van der Waals surface area (Å²) in [5, 5.41) is 11.4. The molecule has 0 spiro atoms. The third kappa shape index (κ3) is 2.08. The van der Waals surface area contributed by atoms with Gasteiger partial charge in [-0.05, 0) is 18.6 Å². The van der Waals surface area contributed by atoms with E-state index >= 15 is 0 Å². The maximum atomic E-state index is 11.5. The number of benzene rings is 2. The zero-order valence-corrected chi connectivity index (χ0v) is 11.3. The molecule has 0 bridgehead atoms. The predicted octanol–water partition coefficient (Wildman–Crippen LogP) is 3.86. The molecule has 0 aliphatic carbocycles. The van der Waals surface area contributed by atoms with Crippen LogP contribution >= 0.6 is 0 Å². The highest BCUT2D eigenvalue weighted by Crippen LogP contribution is 2.32. The second-order valence-electron chi connectivity index (χ2n) is 4.83. The number of hydrogen-bond donors (Lipinski definition) is 1. The molecule has 5 nitrogen and oxygen atoms in total. The van der Waals surface area contributed by atoms with Crippen LogP contribution < -0.4 is 0 Å². The van der Waals surface area contributed by atoms with Crippen molar-refractivity contribution in [2.45, 2.75) is 6.92 Å². The van der Waals surface area contributed by atoms with Crippen LogP contribution in [0.5, 0.6) is 0 Å². The number of nitrogens with zero attached hydrogens (tertiary/aromatic N) is 1. The van der Waals surface area contributed by atoms with Crippen LogP contribution in [-0.4, -0.2) is 16.2 Å². The molecule has 0 saturated heterocycles. The Morgan fingerprint density at radius 1 is 1.19 bits per heavy atom. The quantitative estimate of drug-likeness (QED) is 0.449. The number of aromatic nitrogens is 1. The molecule has 2 aromatic carbocycles. The minimum atomic E-state index is -0.464. The highest BCUT2D eigenvalue weighted by Gasteiger charge is 2.16. The molecule has 3 rings (SSSR count). The zero-order chi connectivity index (χ0) is 15.0. The summed E-state index contributed by atoms with van der Waals surface area (Å²) in [6.07, 6.45) is 0.740. The van der Waals surface area contributed by atoms with Gasteiger partial charge in [0.25, 0.3) is 5.69 Å². The van der Waals surface area contributed by atoms with Gasteiger partial charge >= 0.3 is 0 Å². The second kappa shape index (κ2) is 4.86. The van der Waals surface area contributed by atoms with E-state index < -0.39 is 4.92 Å². The Labute approximate surface area is 120 Å². The van der Waals surface area contributed by atoms with E-state index in [4.69, 9.17) is 0 Å². The molecule has 0 saturated carbocycles. The first-order valence-electron chi connectivity index (χ1n) is 6.43. The van der Waals surface area contributed by atoms with E-state index in [9.17, 15) is 14.9 Å². The first-order chi connectivity index (χ1) is 10.1. The largest absolute Gasteiger partial charge is 0.354 e. The van der Waals surface area contributed by atoms with Crippen molar-refractivity contribution < 1.29 is 9.72 Å². The van der Waals surface area contributed by atoms with Gasteiger partial charge in [0.15, 0.2) is 6.29 Å². The topological polar surface area (TPSA) is 76.0 Å². The van der Waals surface area contributed by atoms with Gasteiger partial charge in [-0.3, -0.25) is 14.9 Å². The Bertz CT molecular complexity index is 865. The second-order valence-corrected chi connectivity index (χ2v) is 4.83. The van der Waals surface area contributed by atoms with Crippen LogP contribution in [0.2, 0.25) is 0 Å². The van der Waals surface area contributed by atoms with E-state index in [1.807, 2.05) is 31.2 Å². The van der Waals surface area contributed by atoms with Crippen molar-refractivity contribution in [2.24, 2.45) is 0 Å². The lowest BCUT2D eigenvalue weighted by atomic mass is 10.0. The third-order valence-electron chi connectivity index (χ3n) is 3.57. The number of non-ortho nitro benzene ring substituents is 1. The van der Waals surface area contributed by atoms with Crippen LogP contribution in [0.15, 0.2) is 42.5 Å². The summed E-state index contributed by atoms with van der Waals surface area (Å²) in [5.41, 5.74) is 3.77. The van der Waals surface area contributed by atoms with Gasteiger partial charge in [-0.2, -0.15) is 0 Å². The van der Waals surface area contributed by atoms with Gasteiger partial charge in [-0.15, -0.1) is 0 Å². The molecule has 104 valence electrons. The zero-order valence-electron chi connectivity index (χ0n) is 11.3. The van der Waals surface area contributed by atoms with E-state index in [1.165, 1.54) is 12.1 Å². The lowest BCUT2D eigenvalue weighted by Gasteiger charge is -2.03. The minimum Gasteiger partial charge on any atom is -0.354 e. The molecule has 0 radical (unpaired) electrons. The number of nitrogens with one attached hydrogen (secondary N) is 1. The number of carbonyl (C=O) groups excluding carboxylic acids is 1. The summed E-state index contributed by atoms with van der Waals surface area (Å²) < 4.78 is 0. The van der Waals surface area contributed by atoms with E-state index in [0.29, 0.717) is 22.2 Å². The smallest absolute Gasteiger partial charge is 0.270 e. The molecular formula is C16H12N2O3. The number of H-pyrrole nitrogens is 1. The third-order valence-corrected chi connectivity index (χ3v) is 3.57. The molecule has 21 heavy (non-hydrogen) atoms. The molecule has 1 heterocycles. The molecule has 0 unspecified atom stereocenters. The molecule has 0 amide bonds. The fourth-order valence-corrected chi connectivity index (χ4v) is 2.50. The van der Waals surface area contributed by atoms with Crippen molar-refractivity contribution in [1.29, 1.82) is 0 Å².